The van der Waals surface area contributed by atoms with Crippen molar-refractivity contribution >= 4 is 0 Å². The number of methoxy groups -OCH3 is 1. The summed E-state index contributed by atoms with van der Waals surface area (Å²) in [5, 5.41) is 4.70. The minimum absolute atomic E-state index is 0.0561. The van der Waals surface area contributed by atoms with E-state index in [2.05, 4.69) is 18.5 Å². The fourth-order valence-electron chi connectivity index (χ4n) is 3.25. The van der Waals surface area contributed by atoms with Gasteiger partial charge >= 0.3 is 0 Å². The van der Waals surface area contributed by atoms with Crippen LogP contribution in [0.1, 0.15) is 61.6 Å². The molecule has 0 radical (unpaired) electrons. The number of aryl methyl sites for hydroxylation is 1. The maximum atomic E-state index is 6.03. The van der Waals surface area contributed by atoms with Gasteiger partial charge in [0.25, 0.3) is 0 Å². The zero-order valence-electron chi connectivity index (χ0n) is 11.9. The second-order valence-electron chi connectivity index (χ2n) is 5.50. The first-order chi connectivity index (χ1) is 8.54. The fourth-order valence-corrected chi connectivity index (χ4v) is 3.25. The fraction of sp³-hybridized carbons (Fsp3) is 0.786. The Kier molecular flexibility index (Phi) is 4.07. The molecule has 1 aliphatic rings. The van der Waals surface area contributed by atoms with Crippen LogP contribution in [-0.2, 0) is 4.74 Å². The second-order valence-corrected chi connectivity index (χ2v) is 5.50. The van der Waals surface area contributed by atoms with Gasteiger partial charge < -0.3 is 10.5 Å². The molecular formula is C14H25N3O. The molecule has 1 aliphatic carbocycles. The van der Waals surface area contributed by atoms with Crippen LogP contribution in [-0.4, -0.2) is 23.0 Å². The van der Waals surface area contributed by atoms with Crippen LogP contribution in [0.15, 0.2) is 0 Å². The van der Waals surface area contributed by atoms with Gasteiger partial charge in [0.2, 0.25) is 0 Å². The predicted molar refractivity (Wildman–Crippen MR) is 72.6 cm³/mol. The number of hydrogen-bond donors (Lipinski definition) is 1. The summed E-state index contributed by atoms with van der Waals surface area (Å²) in [6.45, 7) is 6.22. The first-order valence-electron chi connectivity index (χ1n) is 6.88. The minimum Gasteiger partial charge on any atom is -0.381 e. The van der Waals surface area contributed by atoms with Crippen LogP contribution in [0, 0.1) is 13.8 Å². The molecule has 1 heterocycles. The number of nitrogens with zero attached hydrogens (tertiary/aromatic N) is 2. The summed E-state index contributed by atoms with van der Waals surface area (Å²) >= 11 is 0. The molecule has 18 heavy (non-hydrogen) atoms. The molecule has 1 saturated carbocycles. The smallest absolute Gasteiger partial charge is 0.0644 e. The summed E-state index contributed by atoms with van der Waals surface area (Å²) in [5.74, 6) is 0. The van der Waals surface area contributed by atoms with E-state index >= 15 is 0 Å². The SMILES string of the molecule is COC1CCCC(n2nc(C)c(C(C)N)c2C)C1. The standard InChI is InChI=1S/C14H25N3O/c1-9(15)14-10(2)16-17(11(14)3)12-6-5-7-13(8-12)18-4/h9,12-13H,5-8,15H2,1-4H3. The van der Waals surface area contributed by atoms with Crippen molar-refractivity contribution in [2.45, 2.75) is 64.6 Å². The van der Waals surface area contributed by atoms with Gasteiger partial charge in [-0.1, -0.05) is 0 Å². The first-order valence-corrected chi connectivity index (χ1v) is 6.88. The Morgan fingerprint density at radius 2 is 2.11 bits per heavy atom. The van der Waals surface area contributed by atoms with Crippen LogP contribution in [0.3, 0.4) is 0 Å². The lowest BCUT2D eigenvalue weighted by Gasteiger charge is -2.29. The van der Waals surface area contributed by atoms with E-state index in [4.69, 9.17) is 15.6 Å². The normalized spacial score (nSPS) is 26.3. The van der Waals surface area contributed by atoms with Crippen LogP contribution in [0.5, 0.6) is 0 Å². The maximum absolute atomic E-state index is 6.03. The predicted octanol–water partition coefficient (Wildman–Crippen LogP) is 2.65. The van der Waals surface area contributed by atoms with Gasteiger partial charge in [0.05, 0.1) is 17.8 Å². The summed E-state index contributed by atoms with van der Waals surface area (Å²) in [6.07, 6.45) is 5.03. The lowest BCUT2D eigenvalue weighted by Crippen LogP contribution is -2.25. The first kappa shape index (κ1) is 13.6. The van der Waals surface area contributed by atoms with Crippen molar-refractivity contribution in [1.82, 2.24) is 9.78 Å². The Bertz CT molecular complexity index is 411. The summed E-state index contributed by atoms with van der Waals surface area (Å²) in [6, 6.07) is 0.524. The number of aromatic nitrogens is 2. The van der Waals surface area contributed by atoms with E-state index in [-0.39, 0.29) is 6.04 Å². The molecule has 0 amide bonds. The summed E-state index contributed by atoms with van der Waals surface area (Å²) < 4.78 is 7.68. The molecule has 0 spiro atoms. The molecule has 4 heteroatoms. The Hall–Kier alpha value is -0.870. The van der Waals surface area contributed by atoms with Crippen molar-refractivity contribution in [3.05, 3.63) is 17.0 Å². The van der Waals surface area contributed by atoms with Crippen LogP contribution in [0.4, 0.5) is 0 Å². The highest BCUT2D eigenvalue weighted by Gasteiger charge is 2.26. The maximum Gasteiger partial charge on any atom is 0.0644 e. The Labute approximate surface area is 110 Å². The van der Waals surface area contributed by atoms with Crippen LogP contribution in [0.25, 0.3) is 0 Å². The van der Waals surface area contributed by atoms with Crippen molar-refractivity contribution in [3.63, 3.8) is 0 Å². The molecule has 1 aromatic rings. The number of rotatable bonds is 3. The van der Waals surface area contributed by atoms with Gasteiger partial charge in [0.1, 0.15) is 0 Å². The van der Waals surface area contributed by atoms with Crippen LogP contribution in [0.2, 0.25) is 0 Å². The van der Waals surface area contributed by atoms with E-state index in [0.717, 1.165) is 12.1 Å². The quantitative estimate of drug-likeness (QED) is 0.898. The summed E-state index contributed by atoms with van der Waals surface area (Å²) in [4.78, 5) is 0. The molecule has 1 aromatic heterocycles. The Balaban J connectivity index is 2.25. The van der Waals surface area contributed by atoms with Gasteiger partial charge in [-0.3, -0.25) is 4.68 Å². The third-order valence-electron chi connectivity index (χ3n) is 4.11. The van der Waals surface area contributed by atoms with Gasteiger partial charge in [0.15, 0.2) is 0 Å². The van der Waals surface area contributed by atoms with E-state index in [1.165, 1.54) is 30.5 Å². The highest BCUT2D eigenvalue weighted by molar-refractivity contribution is 5.27. The lowest BCUT2D eigenvalue weighted by molar-refractivity contribution is 0.0503. The zero-order chi connectivity index (χ0) is 13.3. The summed E-state index contributed by atoms with van der Waals surface area (Å²) in [7, 11) is 1.81. The van der Waals surface area contributed by atoms with E-state index in [1.807, 2.05) is 14.0 Å². The zero-order valence-corrected chi connectivity index (χ0v) is 11.9. The lowest BCUT2D eigenvalue weighted by atomic mass is 9.92. The van der Waals surface area contributed by atoms with Gasteiger partial charge in [-0.15, -0.1) is 0 Å². The molecule has 0 saturated heterocycles. The molecular weight excluding hydrogens is 226 g/mol. The third-order valence-corrected chi connectivity index (χ3v) is 4.11. The van der Waals surface area contributed by atoms with Gasteiger partial charge in [-0.05, 0) is 46.5 Å². The van der Waals surface area contributed by atoms with Gasteiger partial charge in [-0.25, -0.2) is 0 Å². The van der Waals surface area contributed by atoms with Crippen molar-refractivity contribution in [1.29, 1.82) is 0 Å². The van der Waals surface area contributed by atoms with Crippen molar-refractivity contribution in [2.24, 2.45) is 5.73 Å². The highest BCUT2D eigenvalue weighted by Crippen LogP contribution is 2.32. The van der Waals surface area contributed by atoms with E-state index in [9.17, 15) is 0 Å². The molecule has 2 N–H and O–H groups in total. The second kappa shape index (κ2) is 5.41. The van der Waals surface area contributed by atoms with Gasteiger partial charge in [0, 0.05) is 24.4 Å². The number of hydrogen-bond acceptors (Lipinski definition) is 3. The highest BCUT2D eigenvalue weighted by atomic mass is 16.5. The van der Waals surface area contributed by atoms with Crippen molar-refractivity contribution in [3.8, 4) is 0 Å². The molecule has 2 rings (SSSR count). The Morgan fingerprint density at radius 1 is 1.39 bits per heavy atom. The molecule has 102 valence electrons. The Morgan fingerprint density at radius 3 is 2.67 bits per heavy atom. The number of ether oxygens (including phenoxy) is 1. The molecule has 0 aromatic carbocycles. The van der Waals surface area contributed by atoms with Crippen LogP contribution >= 0.6 is 0 Å². The average molecular weight is 251 g/mol. The molecule has 3 atom stereocenters. The van der Waals surface area contributed by atoms with Crippen molar-refractivity contribution in [2.75, 3.05) is 7.11 Å². The monoisotopic (exact) mass is 251 g/mol. The van der Waals surface area contributed by atoms with Crippen LogP contribution < -0.4 is 5.73 Å². The molecule has 1 fully saturated rings. The molecule has 0 bridgehead atoms. The van der Waals surface area contributed by atoms with E-state index in [1.54, 1.807) is 0 Å². The summed E-state index contributed by atoms with van der Waals surface area (Å²) in [5.41, 5.74) is 9.53. The van der Waals surface area contributed by atoms with Gasteiger partial charge in [-0.2, -0.15) is 5.10 Å². The largest absolute Gasteiger partial charge is 0.381 e. The molecule has 0 aliphatic heterocycles. The van der Waals surface area contributed by atoms with E-state index in [0.29, 0.717) is 12.1 Å². The third kappa shape index (κ3) is 2.45. The minimum atomic E-state index is 0.0561. The average Bonchev–Trinajstić information content (AvgIpc) is 2.65. The van der Waals surface area contributed by atoms with E-state index < -0.39 is 0 Å². The topological polar surface area (TPSA) is 53.1 Å². The van der Waals surface area contributed by atoms with Crippen molar-refractivity contribution < 1.29 is 4.74 Å². The molecule has 3 unspecified atom stereocenters. The molecule has 4 nitrogen and oxygen atoms in total. The number of nitrogens with two attached hydrogens (primary N) is 1.